The van der Waals surface area contributed by atoms with Gasteiger partial charge in [0.05, 0.1) is 0 Å². The van der Waals surface area contributed by atoms with E-state index in [0.717, 1.165) is 37.9 Å². The number of rotatable bonds is 4. The average molecular weight is 299 g/mol. The third-order valence-electron chi connectivity index (χ3n) is 5.21. The SMILES string of the molecule is O=C(c1ccccc1)C1CCN(C(=O)CC2CCCC2)CC1. The molecule has 1 aliphatic carbocycles. The molecule has 0 unspecified atom stereocenters. The highest BCUT2D eigenvalue weighted by atomic mass is 16.2. The van der Waals surface area contributed by atoms with Crippen molar-refractivity contribution in [2.75, 3.05) is 13.1 Å². The van der Waals surface area contributed by atoms with E-state index < -0.39 is 0 Å². The molecule has 1 aromatic carbocycles. The number of nitrogens with zero attached hydrogens (tertiary/aromatic N) is 1. The van der Waals surface area contributed by atoms with Crippen molar-refractivity contribution in [2.24, 2.45) is 11.8 Å². The Kier molecular flexibility index (Phi) is 4.91. The van der Waals surface area contributed by atoms with Gasteiger partial charge in [-0.25, -0.2) is 0 Å². The Morgan fingerprint density at radius 1 is 0.955 bits per heavy atom. The molecule has 2 aliphatic rings. The van der Waals surface area contributed by atoms with Crippen LogP contribution in [-0.2, 0) is 4.79 Å². The number of hydrogen-bond donors (Lipinski definition) is 0. The monoisotopic (exact) mass is 299 g/mol. The maximum Gasteiger partial charge on any atom is 0.222 e. The van der Waals surface area contributed by atoms with Crippen LogP contribution in [0.1, 0.15) is 55.3 Å². The van der Waals surface area contributed by atoms with Gasteiger partial charge in [0.25, 0.3) is 0 Å². The Morgan fingerprint density at radius 2 is 1.59 bits per heavy atom. The fourth-order valence-corrected chi connectivity index (χ4v) is 3.82. The first-order valence-electron chi connectivity index (χ1n) is 8.61. The lowest BCUT2D eigenvalue weighted by molar-refractivity contribution is -0.133. The van der Waals surface area contributed by atoms with Gasteiger partial charge in [-0.2, -0.15) is 0 Å². The molecule has 22 heavy (non-hydrogen) atoms. The minimum absolute atomic E-state index is 0.0814. The summed E-state index contributed by atoms with van der Waals surface area (Å²) in [7, 11) is 0. The molecular weight excluding hydrogens is 274 g/mol. The molecule has 0 spiro atoms. The van der Waals surface area contributed by atoms with Crippen molar-refractivity contribution < 1.29 is 9.59 Å². The Bertz CT molecular complexity index is 511. The minimum Gasteiger partial charge on any atom is -0.343 e. The lowest BCUT2D eigenvalue weighted by Crippen LogP contribution is -2.40. The van der Waals surface area contributed by atoms with Crippen molar-refractivity contribution >= 4 is 11.7 Å². The van der Waals surface area contributed by atoms with Gasteiger partial charge in [-0.3, -0.25) is 9.59 Å². The lowest BCUT2D eigenvalue weighted by Gasteiger charge is -2.32. The second-order valence-electron chi connectivity index (χ2n) is 6.74. The van der Waals surface area contributed by atoms with Crippen LogP contribution in [-0.4, -0.2) is 29.7 Å². The van der Waals surface area contributed by atoms with Gasteiger partial charge in [-0.1, -0.05) is 43.2 Å². The molecule has 3 nitrogen and oxygen atoms in total. The predicted molar refractivity (Wildman–Crippen MR) is 86.7 cm³/mol. The van der Waals surface area contributed by atoms with Crippen molar-refractivity contribution in [3.05, 3.63) is 35.9 Å². The Morgan fingerprint density at radius 3 is 2.23 bits per heavy atom. The first kappa shape index (κ1) is 15.3. The largest absolute Gasteiger partial charge is 0.343 e. The van der Waals surface area contributed by atoms with Gasteiger partial charge in [0.2, 0.25) is 5.91 Å². The van der Waals surface area contributed by atoms with E-state index in [9.17, 15) is 9.59 Å². The summed E-state index contributed by atoms with van der Waals surface area (Å²) in [6, 6.07) is 9.53. The Labute approximate surface area is 132 Å². The summed E-state index contributed by atoms with van der Waals surface area (Å²) in [5, 5.41) is 0. The molecule has 1 aromatic rings. The number of carbonyl (C=O) groups is 2. The van der Waals surface area contributed by atoms with Crippen molar-refractivity contribution in [1.82, 2.24) is 4.90 Å². The standard InChI is InChI=1S/C19H25NO2/c21-18(14-15-6-4-5-7-15)20-12-10-17(11-13-20)19(22)16-8-2-1-3-9-16/h1-3,8-9,15,17H,4-7,10-14H2. The number of carbonyl (C=O) groups excluding carboxylic acids is 2. The fraction of sp³-hybridized carbons (Fsp3) is 0.579. The van der Waals surface area contributed by atoms with Gasteiger partial charge in [-0.05, 0) is 31.6 Å². The summed E-state index contributed by atoms with van der Waals surface area (Å²) in [5.41, 5.74) is 0.804. The molecule has 2 fully saturated rings. The van der Waals surface area contributed by atoms with Gasteiger partial charge < -0.3 is 4.90 Å². The molecule has 0 N–H and O–H groups in total. The lowest BCUT2D eigenvalue weighted by atomic mass is 9.88. The van der Waals surface area contributed by atoms with E-state index in [-0.39, 0.29) is 11.7 Å². The molecule has 1 saturated heterocycles. The van der Waals surface area contributed by atoms with Crippen LogP contribution in [0, 0.1) is 11.8 Å². The zero-order valence-electron chi connectivity index (χ0n) is 13.2. The van der Waals surface area contributed by atoms with Crippen molar-refractivity contribution in [2.45, 2.75) is 44.9 Å². The smallest absolute Gasteiger partial charge is 0.222 e. The highest BCUT2D eigenvalue weighted by molar-refractivity contribution is 5.98. The highest BCUT2D eigenvalue weighted by Crippen LogP contribution is 2.29. The highest BCUT2D eigenvalue weighted by Gasteiger charge is 2.29. The number of likely N-dealkylation sites (tertiary alicyclic amines) is 1. The maximum atomic E-state index is 12.5. The van der Waals surface area contributed by atoms with Crippen LogP contribution in [0.4, 0.5) is 0 Å². The first-order valence-corrected chi connectivity index (χ1v) is 8.61. The number of ketones is 1. The van der Waals surface area contributed by atoms with Crippen molar-refractivity contribution in [1.29, 1.82) is 0 Å². The summed E-state index contributed by atoms with van der Waals surface area (Å²) < 4.78 is 0. The quantitative estimate of drug-likeness (QED) is 0.795. The first-order chi connectivity index (χ1) is 10.7. The van der Waals surface area contributed by atoms with Gasteiger partial charge >= 0.3 is 0 Å². The van der Waals surface area contributed by atoms with E-state index in [1.807, 2.05) is 35.2 Å². The summed E-state index contributed by atoms with van der Waals surface area (Å²) in [4.78, 5) is 26.8. The van der Waals surface area contributed by atoms with Crippen molar-refractivity contribution in [3.8, 4) is 0 Å². The summed E-state index contributed by atoms with van der Waals surface area (Å²) >= 11 is 0. The molecule has 0 atom stereocenters. The molecule has 1 saturated carbocycles. The number of Topliss-reactive ketones (excluding diaryl/α,β-unsaturated/α-hetero) is 1. The third kappa shape index (κ3) is 3.57. The van der Waals surface area contributed by atoms with E-state index in [4.69, 9.17) is 0 Å². The van der Waals surface area contributed by atoms with E-state index in [1.165, 1.54) is 25.7 Å². The van der Waals surface area contributed by atoms with Crippen molar-refractivity contribution in [3.63, 3.8) is 0 Å². The maximum absolute atomic E-state index is 12.5. The van der Waals surface area contributed by atoms with Crippen LogP contribution in [0.25, 0.3) is 0 Å². The average Bonchev–Trinajstić information content (AvgIpc) is 3.08. The van der Waals surface area contributed by atoms with Gasteiger partial charge in [-0.15, -0.1) is 0 Å². The molecule has 0 radical (unpaired) electrons. The van der Waals surface area contributed by atoms with E-state index in [1.54, 1.807) is 0 Å². The van der Waals surface area contributed by atoms with E-state index in [2.05, 4.69) is 0 Å². The van der Waals surface area contributed by atoms with Gasteiger partial charge in [0, 0.05) is 31.0 Å². The summed E-state index contributed by atoms with van der Waals surface area (Å²) in [6.07, 6.45) is 7.34. The molecule has 118 valence electrons. The second kappa shape index (κ2) is 7.08. The van der Waals surface area contributed by atoms with E-state index >= 15 is 0 Å². The van der Waals surface area contributed by atoms with Gasteiger partial charge in [0.15, 0.2) is 5.78 Å². The number of benzene rings is 1. The van der Waals surface area contributed by atoms with Crippen LogP contribution in [0.15, 0.2) is 30.3 Å². The molecule has 0 bridgehead atoms. The summed E-state index contributed by atoms with van der Waals surface area (Å²) in [6.45, 7) is 1.49. The number of piperidine rings is 1. The van der Waals surface area contributed by atoms with Crippen LogP contribution in [0.2, 0.25) is 0 Å². The fourth-order valence-electron chi connectivity index (χ4n) is 3.82. The van der Waals surface area contributed by atoms with Crippen LogP contribution in [0.3, 0.4) is 0 Å². The Balaban J connectivity index is 1.49. The normalized spacial score (nSPS) is 20.3. The minimum atomic E-state index is 0.0814. The molecule has 0 aromatic heterocycles. The molecular formula is C19H25NO2. The third-order valence-corrected chi connectivity index (χ3v) is 5.21. The topological polar surface area (TPSA) is 37.4 Å². The zero-order valence-corrected chi connectivity index (χ0v) is 13.2. The predicted octanol–water partition coefficient (Wildman–Crippen LogP) is 3.69. The van der Waals surface area contributed by atoms with Crippen LogP contribution >= 0.6 is 0 Å². The summed E-state index contributed by atoms with van der Waals surface area (Å²) in [5.74, 6) is 1.23. The molecule has 1 heterocycles. The van der Waals surface area contributed by atoms with E-state index in [0.29, 0.717) is 11.8 Å². The number of amides is 1. The number of hydrogen-bond acceptors (Lipinski definition) is 2. The second-order valence-corrected chi connectivity index (χ2v) is 6.74. The zero-order chi connectivity index (χ0) is 15.4. The van der Waals surface area contributed by atoms with Gasteiger partial charge in [0.1, 0.15) is 0 Å². The molecule has 3 rings (SSSR count). The molecule has 3 heteroatoms. The van der Waals surface area contributed by atoms with Crippen LogP contribution < -0.4 is 0 Å². The molecule has 1 amide bonds. The molecule has 1 aliphatic heterocycles. The van der Waals surface area contributed by atoms with Crippen LogP contribution in [0.5, 0.6) is 0 Å². The Hall–Kier alpha value is -1.64.